The summed E-state index contributed by atoms with van der Waals surface area (Å²) in [7, 11) is 0. The molecule has 0 aliphatic carbocycles. The van der Waals surface area contributed by atoms with Crippen LogP contribution in [0.2, 0.25) is 0 Å². The minimum Gasteiger partial charge on any atom is -0.478 e. The Hall–Kier alpha value is -3.37. The summed E-state index contributed by atoms with van der Waals surface area (Å²) >= 11 is 0. The maximum Gasteiger partial charge on any atom is 0.327 e. The highest BCUT2D eigenvalue weighted by Gasteiger charge is 1.91. The van der Waals surface area contributed by atoms with Crippen molar-refractivity contribution >= 4 is 5.97 Å². The summed E-state index contributed by atoms with van der Waals surface area (Å²) in [6, 6.07) is 3.87. The zero-order valence-electron chi connectivity index (χ0n) is 15.0. The van der Waals surface area contributed by atoms with Crippen LogP contribution in [0.4, 0.5) is 0 Å². The lowest BCUT2D eigenvalue weighted by Crippen LogP contribution is -1.82. The first-order valence-corrected chi connectivity index (χ1v) is 7.43. The first kappa shape index (κ1) is 29.6. The lowest BCUT2D eigenvalue weighted by molar-refractivity contribution is -0.131. The van der Waals surface area contributed by atoms with Gasteiger partial charge in [0.1, 0.15) is 0 Å². The standard InChI is InChI=1S/C11H15N.C4H6.C3H3N.C3H4O2/c1-3-5-7-9-11(10-12)8-6-4-2;1-3-4-2;1-2-3-4;1-2-3(4)5/h3,5,7,9H,1,4,6,8H2,2H3;3-4H,1-2H2;2H,1H2;2H,1H2,(H,4,5). The third kappa shape index (κ3) is 52.9. The summed E-state index contributed by atoms with van der Waals surface area (Å²) < 4.78 is 0. The second-order valence-corrected chi connectivity index (χ2v) is 3.87. The van der Waals surface area contributed by atoms with Gasteiger partial charge in [0.2, 0.25) is 0 Å². The fourth-order valence-corrected chi connectivity index (χ4v) is 0.794. The Kier molecular flexibility index (Phi) is 38.6. The van der Waals surface area contributed by atoms with Gasteiger partial charge in [-0.05, 0) is 18.9 Å². The Bertz CT molecular complexity index is 521. The number of carbonyl (C=O) groups is 1. The van der Waals surface area contributed by atoms with Crippen LogP contribution in [-0.2, 0) is 4.79 Å². The highest BCUT2D eigenvalue weighted by atomic mass is 16.4. The van der Waals surface area contributed by atoms with Crippen molar-refractivity contribution in [3.63, 3.8) is 0 Å². The quantitative estimate of drug-likeness (QED) is 0.367. The fraction of sp³-hybridized carbons (Fsp3) is 0.190. The molecule has 0 saturated carbocycles. The van der Waals surface area contributed by atoms with Crippen LogP contribution in [0.3, 0.4) is 0 Å². The normalized spacial score (nSPS) is 8.20. The molecule has 4 heteroatoms. The van der Waals surface area contributed by atoms with Crippen molar-refractivity contribution in [3.8, 4) is 12.1 Å². The molecule has 1 N–H and O–H groups in total. The van der Waals surface area contributed by atoms with Gasteiger partial charge in [0, 0.05) is 17.7 Å². The molecule has 0 aliphatic heterocycles. The van der Waals surface area contributed by atoms with Crippen LogP contribution in [0.15, 0.2) is 87.1 Å². The zero-order chi connectivity index (χ0) is 20.3. The molecule has 0 aliphatic rings. The van der Waals surface area contributed by atoms with Crippen molar-refractivity contribution in [3.05, 3.63) is 87.1 Å². The summed E-state index contributed by atoms with van der Waals surface area (Å²) in [5.74, 6) is -0.981. The molecule has 0 rings (SSSR count). The maximum absolute atomic E-state index is 9.25. The van der Waals surface area contributed by atoms with E-state index in [0.717, 1.165) is 30.9 Å². The number of carboxylic acid groups (broad SMARTS) is 1. The Morgan fingerprint density at radius 3 is 1.76 bits per heavy atom. The average Bonchev–Trinajstić information content (AvgIpc) is 2.65. The van der Waals surface area contributed by atoms with E-state index in [-0.39, 0.29) is 0 Å². The molecule has 0 radical (unpaired) electrons. The molecule has 0 heterocycles. The van der Waals surface area contributed by atoms with Crippen LogP contribution in [0.25, 0.3) is 0 Å². The maximum atomic E-state index is 9.25. The molecule has 0 aromatic heterocycles. The van der Waals surface area contributed by atoms with Gasteiger partial charge in [0.15, 0.2) is 0 Å². The minimum absolute atomic E-state index is 0.833. The van der Waals surface area contributed by atoms with E-state index in [0.29, 0.717) is 0 Å². The number of allylic oxidation sites excluding steroid dienone is 8. The van der Waals surface area contributed by atoms with Gasteiger partial charge in [0.25, 0.3) is 0 Å². The van der Waals surface area contributed by atoms with Crippen molar-refractivity contribution in [2.24, 2.45) is 0 Å². The van der Waals surface area contributed by atoms with Crippen molar-refractivity contribution in [1.29, 1.82) is 10.5 Å². The van der Waals surface area contributed by atoms with Gasteiger partial charge in [-0.3, -0.25) is 0 Å². The Morgan fingerprint density at radius 2 is 1.52 bits per heavy atom. The molecule has 0 unspecified atom stereocenters. The molecular formula is C21H28N2O2. The number of aliphatic carboxylic acids is 1. The van der Waals surface area contributed by atoms with E-state index in [9.17, 15) is 4.79 Å². The highest BCUT2D eigenvalue weighted by molar-refractivity contribution is 5.78. The van der Waals surface area contributed by atoms with Crippen LogP contribution >= 0.6 is 0 Å². The minimum atomic E-state index is -0.981. The third-order valence-corrected chi connectivity index (χ3v) is 1.92. The van der Waals surface area contributed by atoms with E-state index in [1.807, 2.05) is 18.2 Å². The van der Waals surface area contributed by atoms with Gasteiger partial charge in [0.05, 0.1) is 12.1 Å². The van der Waals surface area contributed by atoms with Gasteiger partial charge < -0.3 is 5.11 Å². The molecule has 4 nitrogen and oxygen atoms in total. The monoisotopic (exact) mass is 340 g/mol. The summed E-state index contributed by atoms with van der Waals surface area (Å²) in [6.45, 7) is 18.5. The number of carboxylic acids is 1. The number of unbranched alkanes of at least 4 members (excludes halogenated alkanes) is 1. The van der Waals surface area contributed by atoms with Crippen LogP contribution in [0.1, 0.15) is 26.2 Å². The molecule has 0 aromatic carbocycles. The number of nitriles is 2. The van der Waals surface area contributed by atoms with Gasteiger partial charge in [-0.1, -0.05) is 76.6 Å². The molecule has 0 amide bonds. The molecule has 0 spiro atoms. The molecule has 25 heavy (non-hydrogen) atoms. The van der Waals surface area contributed by atoms with Crippen LogP contribution < -0.4 is 0 Å². The summed E-state index contributed by atoms with van der Waals surface area (Å²) in [5.41, 5.74) is 0.843. The number of nitrogens with zero attached hydrogens (tertiary/aromatic N) is 2. The predicted molar refractivity (Wildman–Crippen MR) is 107 cm³/mol. The molecule has 0 saturated heterocycles. The smallest absolute Gasteiger partial charge is 0.327 e. The van der Waals surface area contributed by atoms with Crippen molar-refractivity contribution in [2.75, 3.05) is 0 Å². The molecule has 0 fully saturated rings. The molecule has 0 bridgehead atoms. The SMILES string of the molecule is C=CC#N.C=CC(=O)O.C=CC=C.C=CC=CC=C(C#N)CCCC. The van der Waals surface area contributed by atoms with E-state index in [1.54, 1.807) is 24.3 Å². The van der Waals surface area contributed by atoms with E-state index in [1.165, 1.54) is 6.08 Å². The van der Waals surface area contributed by atoms with Gasteiger partial charge in [-0.25, -0.2) is 4.79 Å². The number of hydrogen-bond donors (Lipinski definition) is 1. The molecule has 0 atom stereocenters. The second kappa shape index (κ2) is 32.5. The van der Waals surface area contributed by atoms with Gasteiger partial charge in [-0.15, -0.1) is 0 Å². The summed E-state index contributed by atoms with van der Waals surface area (Å²) in [6.07, 6.45) is 15.6. The second-order valence-electron chi connectivity index (χ2n) is 3.87. The van der Waals surface area contributed by atoms with Crippen molar-refractivity contribution in [2.45, 2.75) is 26.2 Å². The predicted octanol–water partition coefficient (Wildman–Crippen LogP) is 5.68. The Balaban J connectivity index is -0.000000140. The Labute approximate surface area is 152 Å². The van der Waals surface area contributed by atoms with Crippen molar-refractivity contribution < 1.29 is 9.90 Å². The van der Waals surface area contributed by atoms with Crippen LogP contribution in [0, 0.1) is 22.7 Å². The van der Waals surface area contributed by atoms with Crippen molar-refractivity contribution in [1.82, 2.24) is 0 Å². The first-order valence-electron chi connectivity index (χ1n) is 7.43. The molecule has 0 aromatic rings. The van der Waals surface area contributed by atoms with E-state index in [4.69, 9.17) is 15.6 Å². The Morgan fingerprint density at radius 1 is 1.04 bits per heavy atom. The first-order chi connectivity index (χ1) is 11.9. The van der Waals surface area contributed by atoms with Gasteiger partial charge in [-0.2, -0.15) is 10.5 Å². The lowest BCUT2D eigenvalue weighted by Gasteiger charge is -1.92. The average molecular weight is 340 g/mol. The largest absolute Gasteiger partial charge is 0.478 e. The van der Waals surface area contributed by atoms with Crippen LogP contribution in [0.5, 0.6) is 0 Å². The van der Waals surface area contributed by atoms with Gasteiger partial charge >= 0.3 is 5.97 Å². The summed E-state index contributed by atoms with van der Waals surface area (Å²) in [4.78, 5) is 9.25. The molecule has 134 valence electrons. The lowest BCUT2D eigenvalue weighted by atomic mass is 10.1. The summed E-state index contributed by atoms with van der Waals surface area (Å²) in [5, 5.41) is 23.8. The fourth-order valence-electron chi connectivity index (χ4n) is 0.794. The van der Waals surface area contributed by atoms with E-state index >= 15 is 0 Å². The topological polar surface area (TPSA) is 84.9 Å². The zero-order valence-corrected chi connectivity index (χ0v) is 15.0. The number of rotatable bonds is 7. The van der Waals surface area contributed by atoms with Crippen LogP contribution in [-0.4, -0.2) is 11.1 Å². The number of hydrogen-bond acceptors (Lipinski definition) is 3. The van der Waals surface area contributed by atoms with E-state index < -0.39 is 5.97 Å². The third-order valence-electron chi connectivity index (χ3n) is 1.92. The molecular weight excluding hydrogens is 312 g/mol. The highest BCUT2D eigenvalue weighted by Crippen LogP contribution is 2.05. The van der Waals surface area contributed by atoms with E-state index in [2.05, 4.69) is 45.9 Å².